The summed E-state index contributed by atoms with van der Waals surface area (Å²) in [7, 11) is 1.84. The van der Waals surface area contributed by atoms with Gasteiger partial charge in [-0.25, -0.2) is 13.8 Å². The summed E-state index contributed by atoms with van der Waals surface area (Å²) in [5, 5.41) is 22.7. The topological polar surface area (TPSA) is 94.8 Å². The van der Waals surface area contributed by atoms with Gasteiger partial charge in [0.1, 0.15) is 35.2 Å². The van der Waals surface area contributed by atoms with E-state index in [9.17, 15) is 10.2 Å². The van der Waals surface area contributed by atoms with Crippen LogP contribution in [0.1, 0.15) is 57.2 Å². The highest BCUT2D eigenvalue weighted by atomic mass is 19.1. The minimum absolute atomic E-state index is 0.00842. The van der Waals surface area contributed by atoms with Gasteiger partial charge in [-0.05, 0) is 99.5 Å². The van der Waals surface area contributed by atoms with E-state index in [4.69, 9.17) is 14.7 Å². The van der Waals surface area contributed by atoms with Crippen LogP contribution in [0.15, 0.2) is 24.3 Å². The SMILES string of the molecule is CCc1c(F)ccc2cc(O)cc(-c3nc4c5c(nc(OCC67CCCN6CCC7)nc5c3F)N(C)[C@@](C)(CO)CC4)c12. The van der Waals surface area contributed by atoms with Crippen LogP contribution in [0.5, 0.6) is 11.8 Å². The second kappa shape index (κ2) is 10.2. The molecule has 3 aliphatic heterocycles. The highest BCUT2D eigenvalue weighted by Crippen LogP contribution is 2.44. The Labute approximate surface area is 249 Å². The summed E-state index contributed by atoms with van der Waals surface area (Å²) in [4.78, 5) is 18.6. The largest absolute Gasteiger partial charge is 0.508 e. The van der Waals surface area contributed by atoms with E-state index in [0.717, 1.165) is 38.8 Å². The molecule has 7 rings (SSSR count). The van der Waals surface area contributed by atoms with E-state index in [-0.39, 0.29) is 35.1 Å². The Bertz CT molecular complexity index is 1750. The maximum Gasteiger partial charge on any atom is 0.319 e. The molecule has 3 aliphatic rings. The van der Waals surface area contributed by atoms with E-state index in [1.54, 1.807) is 12.1 Å². The predicted molar refractivity (Wildman–Crippen MR) is 162 cm³/mol. The molecule has 0 spiro atoms. The summed E-state index contributed by atoms with van der Waals surface area (Å²) in [6.45, 7) is 6.17. The van der Waals surface area contributed by atoms with Gasteiger partial charge in [-0.1, -0.05) is 13.0 Å². The molecule has 0 radical (unpaired) electrons. The van der Waals surface area contributed by atoms with Crippen LogP contribution in [0.3, 0.4) is 0 Å². The molecule has 2 aromatic carbocycles. The molecule has 0 amide bonds. The number of aliphatic hydroxyl groups is 1. The molecule has 2 N–H and O–H groups in total. The highest BCUT2D eigenvalue weighted by molar-refractivity contribution is 6.02. The van der Waals surface area contributed by atoms with Crippen LogP contribution in [0.4, 0.5) is 14.6 Å². The van der Waals surface area contributed by atoms with E-state index < -0.39 is 17.2 Å². The molecule has 0 saturated carbocycles. The average Bonchev–Trinajstić information content (AvgIpc) is 3.57. The van der Waals surface area contributed by atoms with Crippen LogP contribution in [-0.2, 0) is 12.8 Å². The second-order valence-electron chi connectivity index (χ2n) is 12.7. The molecule has 43 heavy (non-hydrogen) atoms. The fraction of sp³-hybridized carbons (Fsp3) is 0.485. The Hall–Kier alpha value is -3.63. The number of pyridine rings is 1. The molecule has 0 bridgehead atoms. The lowest BCUT2D eigenvalue weighted by atomic mass is 9.93. The number of aliphatic hydroxyl groups excluding tert-OH is 1. The smallest absolute Gasteiger partial charge is 0.319 e. The Morgan fingerprint density at radius 3 is 2.51 bits per heavy atom. The van der Waals surface area contributed by atoms with E-state index in [2.05, 4.69) is 9.88 Å². The highest BCUT2D eigenvalue weighted by Gasteiger charge is 2.45. The molecule has 2 aromatic heterocycles. The third-order valence-corrected chi connectivity index (χ3v) is 10.2. The number of ether oxygens (including phenoxy) is 1. The first-order chi connectivity index (χ1) is 20.7. The van der Waals surface area contributed by atoms with E-state index in [1.807, 2.05) is 25.8 Å². The summed E-state index contributed by atoms with van der Waals surface area (Å²) < 4.78 is 38.2. The van der Waals surface area contributed by atoms with Crippen molar-refractivity contribution in [3.05, 3.63) is 47.2 Å². The number of phenolic OH excluding ortho intramolecular Hbond substituents is 1. The number of phenols is 1. The number of hydrogen-bond acceptors (Lipinski definition) is 8. The lowest BCUT2D eigenvalue weighted by Gasteiger charge is -2.37. The lowest BCUT2D eigenvalue weighted by molar-refractivity contribution is 0.107. The predicted octanol–water partition coefficient (Wildman–Crippen LogP) is 5.53. The van der Waals surface area contributed by atoms with Gasteiger partial charge >= 0.3 is 6.01 Å². The van der Waals surface area contributed by atoms with Gasteiger partial charge in [0.05, 0.1) is 28.8 Å². The molecule has 2 saturated heterocycles. The molecular weight excluding hydrogens is 552 g/mol. The number of anilines is 1. The molecule has 226 valence electrons. The molecule has 0 unspecified atom stereocenters. The van der Waals surface area contributed by atoms with Gasteiger partial charge in [-0.2, -0.15) is 9.97 Å². The van der Waals surface area contributed by atoms with E-state index in [1.165, 1.54) is 12.1 Å². The van der Waals surface area contributed by atoms with Crippen LogP contribution in [-0.4, -0.2) is 74.5 Å². The van der Waals surface area contributed by atoms with Crippen molar-refractivity contribution in [2.75, 3.05) is 38.3 Å². The third kappa shape index (κ3) is 4.32. The van der Waals surface area contributed by atoms with Crippen molar-refractivity contribution in [3.63, 3.8) is 0 Å². The van der Waals surface area contributed by atoms with Crippen LogP contribution in [0.2, 0.25) is 0 Å². The van der Waals surface area contributed by atoms with Gasteiger partial charge in [0.25, 0.3) is 0 Å². The number of nitrogens with zero attached hydrogens (tertiary/aromatic N) is 5. The number of hydrogen-bond donors (Lipinski definition) is 2. The molecule has 4 aromatic rings. The Balaban J connectivity index is 1.45. The molecular formula is C33H37F2N5O3. The summed E-state index contributed by atoms with van der Waals surface area (Å²) in [5.74, 6) is -0.697. The number of aryl methyl sites for hydroxylation is 2. The maximum atomic E-state index is 16.9. The standard InChI is InChI=1S/C33H37F2N5O3/c1-4-21-23(34)8-7-19-15-20(42)16-22(25(19)21)28-27(35)29-26-24(36-28)9-12-32(2,17-41)39(3)30(26)38-31(37-29)43-18-33-10-5-13-40(33)14-6-11-33/h7-8,15-16,41-42H,4-6,9-14,17-18H2,1-3H3/t32-/m1/s1. The fourth-order valence-electron chi connectivity index (χ4n) is 7.56. The molecule has 10 heteroatoms. The van der Waals surface area contributed by atoms with Gasteiger partial charge in [0.15, 0.2) is 5.82 Å². The third-order valence-electron chi connectivity index (χ3n) is 10.2. The van der Waals surface area contributed by atoms with Crippen molar-refractivity contribution in [1.29, 1.82) is 0 Å². The van der Waals surface area contributed by atoms with Crippen molar-refractivity contribution in [2.24, 2.45) is 0 Å². The van der Waals surface area contributed by atoms with Gasteiger partial charge in [0, 0.05) is 12.6 Å². The van der Waals surface area contributed by atoms with Crippen molar-refractivity contribution in [3.8, 4) is 23.0 Å². The fourth-order valence-corrected chi connectivity index (χ4v) is 7.56. The summed E-state index contributed by atoms with van der Waals surface area (Å²) in [5.41, 5.74) is 0.637. The Morgan fingerprint density at radius 2 is 1.79 bits per heavy atom. The molecule has 0 aliphatic carbocycles. The van der Waals surface area contributed by atoms with Crippen molar-refractivity contribution in [1.82, 2.24) is 19.9 Å². The Kier molecular flexibility index (Phi) is 6.70. The van der Waals surface area contributed by atoms with E-state index in [0.29, 0.717) is 64.7 Å². The first-order valence-corrected chi connectivity index (χ1v) is 15.3. The first kappa shape index (κ1) is 28.2. The van der Waals surface area contributed by atoms with Gasteiger partial charge < -0.3 is 19.8 Å². The second-order valence-corrected chi connectivity index (χ2v) is 12.7. The van der Waals surface area contributed by atoms with Crippen molar-refractivity contribution >= 4 is 27.5 Å². The zero-order valence-electron chi connectivity index (χ0n) is 24.9. The number of fused-ring (bicyclic) bond motifs is 2. The zero-order valence-corrected chi connectivity index (χ0v) is 24.9. The van der Waals surface area contributed by atoms with Crippen LogP contribution >= 0.6 is 0 Å². The van der Waals surface area contributed by atoms with Crippen molar-refractivity contribution < 1.29 is 23.7 Å². The minimum atomic E-state index is -0.687. The number of likely N-dealkylation sites (N-methyl/N-ethyl adjacent to an activating group) is 1. The molecule has 8 nitrogen and oxygen atoms in total. The molecule has 2 fully saturated rings. The Morgan fingerprint density at radius 1 is 1.02 bits per heavy atom. The van der Waals surface area contributed by atoms with Gasteiger partial charge in [-0.3, -0.25) is 4.90 Å². The number of benzene rings is 2. The quantitative estimate of drug-likeness (QED) is 0.303. The number of rotatable bonds is 6. The van der Waals surface area contributed by atoms with Crippen LogP contribution in [0, 0.1) is 11.6 Å². The van der Waals surface area contributed by atoms with Crippen LogP contribution < -0.4 is 9.64 Å². The van der Waals surface area contributed by atoms with Crippen molar-refractivity contribution in [2.45, 2.75) is 69.9 Å². The van der Waals surface area contributed by atoms with Gasteiger partial charge in [0.2, 0.25) is 0 Å². The first-order valence-electron chi connectivity index (χ1n) is 15.3. The van der Waals surface area contributed by atoms with Crippen LogP contribution in [0.25, 0.3) is 32.9 Å². The monoisotopic (exact) mass is 589 g/mol. The maximum absolute atomic E-state index is 16.9. The molecule has 5 heterocycles. The number of aromatic nitrogens is 3. The summed E-state index contributed by atoms with van der Waals surface area (Å²) >= 11 is 0. The normalized spacial score (nSPS) is 21.5. The van der Waals surface area contributed by atoms with E-state index >= 15 is 8.78 Å². The molecule has 1 atom stereocenters. The average molecular weight is 590 g/mol. The minimum Gasteiger partial charge on any atom is -0.508 e. The number of halogens is 2. The lowest BCUT2D eigenvalue weighted by Crippen LogP contribution is -2.47. The number of aromatic hydroxyl groups is 1. The van der Waals surface area contributed by atoms with Gasteiger partial charge in [-0.15, -0.1) is 0 Å². The summed E-state index contributed by atoms with van der Waals surface area (Å²) in [6.07, 6.45) is 5.68. The summed E-state index contributed by atoms with van der Waals surface area (Å²) in [6, 6.07) is 6.02. The zero-order chi connectivity index (χ0) is 30.1.